The predicted octanol–water partition coefficient (Wildman–Crippen LogP) is 1.29. The zero-order valence-electron chi connectivity index (χ0n) is 7.59. The topological polar surface area (TPSA) is 80.5 Å². The van der Waals surface area contributed by atoms with Crippen molar-refractivity contribution in [2.45, 2.75) is 12.3 Å². The normalized spacial score (nSPS) is 12.6. The van der Waals surface area contributed by atoms with Gasteiger partial charge in [0.15, 0.2) is 17.3 Å². The quantitative estimate of drug-likeness (QED) is 0.768. The molecule has 0 aromatic carbocycles. The monoisotopic (exact) mass is 235 g/mol. The van der Waals surface area contributed by atoms with Crippen LogP contribution < -0.4 is 5.73 Å². The Kier molecular flexibility index (Phi) is 2.17. The maximum Gasteiger partial charge on any atom is 0.363 e. The van der Waals surface area contributed by atoms with Gasteiger partial charge in [-0.15, -0.1) is 0 Å². The lowest BCUT2D eigenvalue weighted by Gasteiger charge is -2.10. The molecule has 0 atom stereocenters. The van der Waals surface area contributed by atoms with Crippen LogP contribution in [-0.2, 0) is 5.92 Å². The van der Waals surface area contributed by atoms with Crippen molar-refractivity contribution in [2.24, 2.45) is 0 Å². The van der Waals surface area contributed by atoms with Gasteiger partial charge in [-0.3, -0.25) is 0 Å². The van der Waals surface area contributed by atoms with Crippen molar-refractivity contribution in [3.63, 3.8) is 0 Å². The third kappa shape index (κ3) is 1.44. The molecule has 2 aromatic rings. The predicted molar refractivity (Wildman–Crippen MR) is 46.0 cm³/mol. The third-order valence-corrected chi connectivity index (χ3v) is 1.91. The van der Waals surface area contributed by atoms with Gasteiger partial charge in [0.05, 0.1) is 0 Å². The van der Waals surface area contributed by atoms with Gasteiger partial charge in [-0.05, 0) is 0 Å². The van der Waals surface area contributed by atoms with Gasteiger partial charge in [0, 0.05) is 0 Å². The van der Waals surface area contributed by atoms with Crippen molar-refractivity contribution in [1.29, 1.82) is 0 Å². The highest BCUT2D eigenvalue weighted by molar-refractivity contribution is 5.81. The molecule has 0 aliphatic carbocycles. The zero-order chi connectivity index (χ0) is 11.9. The van der Waals surface area contributed by atoms with Gasteiger partial charge in [0.1, 0.15) is 11.8 Å². The van der Waals surface area contributed by atoms with E-state index < -0.39 is 18.2 Å². The highest BCUT2D eigenvalue weighted by atomic mass is 19.3. The van der Waals surface area contributed by atoms with Crippen LogP contribution in [0.25, 0.3) is 11.2 Å². The Labute approximate surface area is 85.7 Å². The number of hydrogen-bond acceptors (Lipinski definition) is 4. The van der Waals surface area contributed by atoms with E-state index >= 15 is 0 Å². The second-order valence-corrected chi connectivity index (χ2v) is 2.97. The number of nitrogen functional groups attached to an aromatic ring is 1. The fourth-order valence-corrected chi connectivity index (χ4v) is 1.11. The molecule has 0 saturated carbocycles. The molecule has 0 saturated heterocycles. The van der Waals surface area contributed by atoms with Gasteiger partial charge < -0.3 is 10.7 Å². The molecule has 9 heteroatoms. The Bertz CT molecular complexity index is 522. The SMILES string of the molecule is Nc1ncnc2nc(C(F)(F)C(F)F)[nH]c12. The Morgan fingerprint density at radius 1 is 1.31 bits per heavy atom. The summed E-state index contributed by atoms with van der Waals surface area (Å²) in [6.45, 7) is 0. The molecular formula is C7H5F4N5. The summed E-state index contributed by atoms with van der Waals surface area (Å²) in [5.74, 6) is -5.67. The molecule has 5 nitrogen and oxygen atoms in total. The highest BCUT2D eigenvalue weighted by Crippen LogP contribution is 2.33. The molecule has 0 amide bonds. The summed E-state index contributed by atoms with van der Waals surface area (Å²) in [6.07, 6.45) is -2.86. The number of nitrogens with zero attached hydrogens (tertiary/aromatic N) is 3. The largest absolute Gasteiger partial charge is 0.382 e. The second-order valence-electron chi connectivity index (χ2n) is 2.97. The van der Waals surface area contributed by atoms with E-state index in [0.717, 1.165) is 6.33 Å². The van der Waals surface area contributed by atoms with E-state index in [1.54, 1.807) is 0 Å². The number of nitrogens with one attached hydrogen (secondary N) is 1. The summed E-state index contributed by atoms with van der Waals surface area (Å²) in [5, 5.41) is 0. The lowest BCUT2D eigenvalue weighted by molar-refractivity contribution is -0.140. The van der Waals surface area contributed by atoms with E-state index in [4.69, 9.17) is 5.73 Å². The number of H-pyrrole nitrogens is 1. The van der Waals surface area contributed by atoms with E-state index in [1.165, 1.54) is 0 Å². The fourth-order valence-electron chi connectivity index (χ4n) is 1.11. The summed E-state index contributed by atoms with van der Waals surface area (Å²) in [6, 6.07) is 0. The molecule has 0 bridgehead atoms. The van der Waals surface area contributed by atoms with Gasteiger partial charge in [-0.25, -0.2) is 23.7 Å². The molecule has 0 unspecified atom stereocenters. The van der Waals surface area contributed by atoms with Crippen molar-refractivity contribution in [3.8, 4) is 0 Å². The molecule has 86 valence electrons. The molecule has 2 aromatic heterocycles. The molecule has 2 heterocycles. The van der Waals surface area contributed by atoms with Crippen molar-refractivity contribution in [1.82, 2.24) is 19.9 Å². The Morgan fingerprint density at radius 3 is 2.56 bits per heavy atom. The maximum atomic E-state index is 12.9. The average Bonchev–Trinajstić information content (AvgIpc) is 2.63. The van der Waals surface area contributed by atoms with Crippen LogP contribution in [0.5, 0.6) is 0 Å². The number of imidazole rings is 1. The maximum absolute atomic E-state index is 12.9. The molecule has 0 spiro atoms. The first-order valence-electron chi connectivity index (χ1n) is 4.05. The Balaban J connectivity index is 2.60. The van der Waals surface area contributed by atoms with Gasteiger partial charge in [-0.2, -0.15) is 8.78 Å². The van der Waals surface area contributed by atoms with E-state index in [1.807, 2.05) is 4.98 Å². The van der Waals surface area contributed by atoms with Crippen LogP contribution in [0.1, 0.15) is 5.82 Å². The van der Waals surface area contributed by atoms with E-state index in [9.17, 15) is 17.6 Å². The van der Waals surface area contributed by atoms with Crippen LogP contribution in [0.2, 0.25) is 0 Å². The molecule has 2 rings (SSSR count). The van der Waals surface area contributed by atoms with Gasteiger partial charge in [-0.1, -0.05) is 0 Å². The minimum atomic E-state index is -4.37. The summed E-state index contributed by atoms with van der Waals surface area (Å²) in [4.78, 5) is 12.3. The van der Waals surface area contributed by atoms with Crippen LogP contribution in [0.3, 0.4) is 0 Å². The van der Waals surface area contributed by atoms with Crippen molar-refractivity contribution < 1.29 is 17.6 Å². The van der Waals surface area contributed by atoms with Crippen LogP contribution in [0, 0.1) is 0 Å². The molecule has 3 N–H and O–H groups in total. The van der Waals surface area contributed by atoms with Gasteiger partial charge in [0.25, 0.3) is 0 Å². The minimum Gasteiger partial charge on any atom is -0.382 e. The number of hydrogen-bond donors (Lipinski definition) is 2. The summed E-state index contributed by atoms with van der Waals surface area (Å²) in [5.41, 5.74) is 5.07. The van der Waals surface area contributed by atoms with Crippen LogP contribution in [-0.4, -0.2) is 26.4 Å². The highest BCUT2D eigenvalue weighted by Gasteiger charge is 2.46. The summed E-state index contributed by atoms with van der Waals surface area (Å²) in [7, 11) is 0. The Hall–Kier alpha value is -1.93. The number of aromatic nitrogens is 4. The van der Waals surface area contributed by atoms with Crippen LogP contribution in [0.4, 0.5) is 23.4 Å². The third-order valence-electron chi connectivity index (χ3n) is 1.91. The Morgan fingerprint density at radius 2 is 2.00 bits per heavy atom. The standard InChI is InChI=1S/C7H5F4N5/c8-5(9)7(10,11)6-15-2-3(12)13-1-14-4(2)16-6/h1,5H,(H3,12,13,14,15,16). The molecular weight excluding hydrogens is 230 g/mol. The minimum absolute atomic E-state index is 0.0853. The molecule has 16 heavy (non-hydrogen) atoms. The number of alkyl halides is 4. The molecule has 0 aliphatic heterocycles. The number of aromatic amines is 1. The fraction of sp³-hybridized carbons (Fsp3) is 0.286. The number of rotatable bonds is 2. The first-order chi connectivity index (χ1) is 7.43. The molecule has 0 fully saturated rings. The molecule has 0 aliphatic rings. The van der Waals surface area contributed by atoms with E-state index in [2.05, 4.69) is 15.0 Å². The van der Waals surface area contributed by atoms with E-state index in [-0.39, 0.29) is 17.0 Å². The second kappa shape index (κ2) is 3.29. The van der Waals surface area contributed by atoms with Gasteiger partial charge >= 0.3 is 12.3 Å². The zero-order valence-corrected chi connectivity index (χ0v) is 7.59. The van der Waals surface area contributed by atoms with Gasteiger partial charge in [0.2, 0.25) is 0 Å². The van der Waals surface area contributed by atoms with Crippen molar-refractivity contribution >= 4 is 17.0 Å². The summed E-state index contributed by atoms with van der Waals surface area (Å²) >= 11 is 0. The van der Waals surface area contributed by atoms with Crippen molar-refractivity contribution in [3.05, 3.63) is 12.2 Å². The van der Waals surface area contributed by atoms with Crippen LogP contribution in [0.15, 0.2) is 6.33 Å². The summed E-state index contributed by atoms with van der Waals surface area (Å²) < 4.78 is 49.9. The smallest absolute Gasteiger partial charge is 0.363 e. The lowest BCUT2D eigenvalue weighted by atomic mass is 10.3. The van der Waals surface area contributed by atoms with Crippen LogP contribution >= 0.6 is 0 Å². The number of nitrogens with two attached hydrogens (primary N) is 1. The van der Waals surface area contributed by atoms with E-state index in [0.29, 0.717) is 0 Å². The average molecular weight is 235 g/mol. The molecule has 0 radical (unpaired) electrons. The first-order valence-corrected chi connectivity index (χ1v) is 4.05. The lowest BCUT2D eigenvalue weighted by Crippen LogP contribution is -2.25. The first kappa shape index (κ1) is 10.6. The number of halogens is 4. The number of fused-ring (bicyclic) bond motifs is 1. The van der Waals surface area contributed by atoms with Crippen molar-refractivity contribution in [2.75, 3.05) is 5.73 Å². The number of anilines is 1.